The Kier molecular flexibility index (Phi) is 4.98. The van der Waals surface area contributed by atoms with E-state index >= 15 is 0 Å². The number of rotatable bonds is 3. The monoisotopic (exact) mass is 243 g/mol. The van der Waals surface area contributed by atoms with E-state index < -0.39 is 0 Å². The van der Waals surface area contributed by atoms with Crippen LogP contribution in [-0.4, -0.2) is 7.85 Å². The van der Waals surface area contributed by atoms with Gasteiger partial charge in [-0.05, 0) is 17.7 Å². The molecule has 17 heavy (non-hydrogen) atoms. The zero-order valence-electron chi connectivity index (χ0n) is 9.94. The molecular weight excluding hydrogens is 228 g/mol. The number of benzene rings is 1. The number of pyridine rings is 1. The summed E-state index contributed by atoms with van der Waals surface area (Å²) in [6.07, 6.45) is 6.08. The third-order valence-corrected chi connectivity index (χ3v) is 2.64. The van der Waals surface area contributed by atoms with Crippen molar-refractivity contribution in [1.29, 1.82) is 0 Å². The summed E-state index contributed by atoms with van der Waals surface area (Å²) in [7, 11) is 2.10. The molecule has 86 valence electrons. The molecule has 0 radical (unpaired) electrons. The zero-order chi connectivity index (χ0) is 11.4. The smallest absolute Gasteiger partial charge is 0.173 e. The van der Waals surface area contributed by atoms with Gasteiger partial charge < -0.3 is 12.4 Å². The molecule has 0 aliphatic carbocycles. The first kappa shape index (κ1) is 13.5. The van der Waals surface area contributed by atoms with Crippen LogP contribution < -0.4 is 22.4 Å². The average molecular weight is 244 g/mol. The van der Waals surface area contributed by atoms with Crippen molar-refractivity contribution in [3.05, 3.63) is 66.5 Å². The molecule has 0 N–H and O–H groups in total. The van der Waals surface area contributed by atoms with E-state index in [2.05, 4.69) is 67.8 Å². The largest absolute Gasteiger partial charge is 1.00 e. The Labute approximate surface area is 110 Å². The topological polar surface area (TPSA) is 3.88 Å². The first-order valence-corrected chi connectivity index (χ1v) is 5.45. The van der Waals surface area contributed by atoms with E-state index in [1.165, 1.54) is 11.0 Å². The van der Waals surface area contributed by atoms with Crippen LogP contribution >= 0.6 is 0 Å². The molecule has 2 aromatic rings. The van der Waals surface area contributed by atoms with Crippen molar-refractivity contribution in [1.82, 2.24) is 0 Å². The Morgan fingerprint density at radius 3 is 2.18 bits per heavy atom. The number of aromatic nitrogens is 1. The second kappa shape index (κ2) is 6.26. The van der Waals surface area contributed by atoms with Crippen LogP contribution in [0.25, 0.3) is 6.08 Å². The van der Waals surface area contributed by atoms with Gasteiger partial charge in [0.25, 0.3) is 0 Å². The van der Waals surface area contributed by atoms with Crippen LogP contribution in [0, 0.1) is 0 Å². The van der Waals surface area contributed by atoms with Crippen molar-refractivity contribution >= 4 is 19.4 Å². The molecule has 1 aromatic heterocycles. The molecular formula is C14H15BClN. The zero-order valence-corrected chi connectivity index (χ0v) is 10.7. The molecule has 0 fully saturated rings. The molecule has 1 heterocycles. The summed E-state index contributed by atoms with van der Waals surface area (Å²) in [5, 5.41) is 0. The van der Waals surface area contributed by atoms with Crippen LogP contribution in [0.3, 0.4) is 0 Å². The lowest BCUT2D eigenvalue weighted by Gasteiger charge is -1.99. The van der Waals surface area contributed by atoms with Crippen LogP contribution in [0.15, 0.2) is 55.4 Å². The van der Waals surface area contributed by atoms with E-state index in [0.717, 1.165) is 12.1 Å². The Bertz CT molecular complexity index is 477. The maximum atomic E-state index is 3.75. The van der Waals surface area contributed by atoms with Gasteiger partial charge in [0.1, 0.15) is 7.85 Å². The maximum Gasteiger partial charge on any atom is 0.173 e. The van der Waals surface area contributed by atoms with Crippen molar-refractivity contribution in [3.8, 4) is 0 Å². The highest BCUT2D eigenvalue weighted by atomic mass is 35.5. The second-order valence-electron chi connectivity index (χ2n) is 3.99. The van der Waals surface area contributed by atoms with Crippen LogP contribution in [-0.2, 0) is 6.54 Å². The van der Waals surface area contributed by atoms with Crippen molar-refractivity contribution in [2.45, 2.75) is 6.54 Å². The van der Waals surface area contributed by atoms with Crippen LogP contribution in [0.4, 0.5) is 0 Å². The predicted molar refractivity (Wildman–Crippen MR) is 70.5 cm³/mol. The van der Waals surface area contributed by atoms with Crippen molar-refractivity contribution in [2.75, 3.05) is 0 Å². The summed E-state index contributed by atoms with van der Waals surface area (Å²) >= 11 is 0. The van der Waals surface area contributed by atoms with Crippen LogP contribution in [0.2, 0.25) is 0 Å². The molecule has 2 rings (SSSR count). The number of halogens is 1. The van der Waals surface area contributed by atoms with Gasteiger partial charge in [0.2, 0.25) is 0 Å². The molecule has 0 bridgehead atoms. The minimum atomic E-state index is 0. The Morgan fingerprint density at radius 2 is 1.65 bits per heavy atom. The minimum absolute atomic E-state index is 0. The fourth-order valence-corrected chi connectivity index (χ4v) is 1.61. The molecule has 3 heteroatoms. The molecule has 0 amide bonds. The fourth-order valence-electron chi connectivity index (χ4n) is 1.61. The molecule has 1 nitrogen and oxygen atoms in total. The average Bonchev–Trinajstić information content (AvgIpc) is 2.33. The predicted octanol–water partition coefficient (Wildman–Crippen LogP) is -2.07. The molecule has 0 unspecified atom stereocenters. The highest BCUT2D eigenvalue weighted by molar-refractivity contribution is 6.32. The highest BCUT2D eigenvalue weighted by Gasteiger charge is 2.01. The molecule has 1 aromatic carbocycles. The van der Waals surface area contributed by atoms with E-state index in [0.29, 0.717) is 0 Å². The normalized spacial score (nSPS) is 9.41. The van der Waals surface area contributed by atoms with E-state index in [-0.39, 0.29) is 12.4 Å². The molecule has 0 aliphatic rings. The number of hydrogen-bond acceptors (Lipinski definition) is 0. The van der Waals surface area contributed by atoms with Gasteiger partial charge in [-0.3, -0.25) is 0 Å². The first-order valence-electron chi connectivity index (χ1n) is 5.45. The molecule has 0 saturated heterocycles. The standard InChI is InChI=1S/C14H15BN.ClH/c1-2-12-3-5-13(6-4-12)11-16-9-7-14(15)8-10-16;/h2-10H,1,11,15H2;1H/q+1;/p-1. The molecule has 0 aliphatic heterocycles. The van der Waals surface area contributed by atoms with Gasteiger partial charge in [-0.25, -0.2) is 4.57 Å². The number of hydrogen-bond donors (Lipinski definition) is 0. The molecule has 0 saturated carbocycles. The second-order valence-corrected chi connectivity index (χ2v) is 3.99. The lowest BCUT2D eigenvalue weighted by molar-refractivity contribution is -0.688. The summed E-state index contributed by atoms with van der Waals surface area (Å²) in [5.41, 5.74) is 3.76. The van der Waals surface area contributed by atoms with Gasteiger partial charge in [0.05, 0.1) is 0 Å². The summed E-state index contributed by atoms with van der Waals surface area (Å²) in [6.45, 7) is 4.66. The quantitative estimate of drug-likeness (QED) is 0.431. The molecule has 0 atom stereocenters. The SMILES string of the molecule is Bc1cc[n+](Cc2ccc(C=C)cc2)cc1.[Cl-]. The van der Waals surface area contributed by atoms with Crippen molar-refractivity contribution < 1.29 is 17.0 Å². The Balaban J connectivity index is 0.00000144. The Morgan fingerprint density at radius 1 is 1.06 bits per heavy atom. The Hall–Kier alpha value is -1.54. The van der Waals surface area contributed by atoms with E-state index in [1.807, 2.05) is 6.08 Å². The summed E-state index contributed by atoms with van der Waals surface area (Å²) in [6, 6.07) is 12.7. The summed E-state index contributed by atoms with van der Waals surface area (Å²) in [4.78, 5) is 0. The lowest BCUT2D eigenvalue weighted by atomic mass is 9.98. The molecule has 0 spiro atoms. The van der Waals surface area contributed by atoms with Gasteiger partial charge in [-0.2, -0.15) is 0 Å². The van der Waals surface area contributed by atoms with Crippen molar-refractivity contribution in [2.24, 2.45) is 0 Å². The van der Waals surface area contributed by atoms with E-state index in [1.54, 1.807) is 0 Å². The summed E-state index contributed by atoms with van der Waals surface area (Å²) < 4.78 is 2.18. The highest BCUT2D eigenvalue weighted by Crippen LogP contribution is 2.04. The first-order chi connectivity index (χ1) is 7.78. The van der Waals surface area contributed by atoms with E-state index in [4.69, 9.17) is 0 Å². The van der Waals surface area contributed by atoms with Gasteiger partial charge in [0.15, 0.2) is 18.9 Å². The number of nitrogens with zero attached hydrogens (tertiary/aromatic N) is 1. The third kappa shape index (κ3) is 3.75. The van der Waals surface area contributed by atoms with Gasteiger partial charge >= 0.3 is 0 Å². The lowest BCUT2D eigenvalue weighted by Crippen LogP contribution is -3.00. The van der Waals surface area contributed by atoms with Crippen LogP contribution in [0.5, 0.6) is 0 Å². The van der Waals surface area contributed by atoms with Gasteiger partial charge in [0, 0.05) is 5.56 Å². The van der Waals surface area contributed by atoms with E-state index in [9.17, 15) is 0 Å². The third-order valence-electron chi connectivity index (χ3n) is 2.64. The fraction of sp³-hybridized carbons (Fsp3) is 0.0714. The van der Waals surface area contributed by atoms with Gasteiger partial charge in [-0.15, -0.1) is 0 Å². The summed E-state index contributed by atoms with van der Waals surface area (Å²) in [5.74, 6) is 0. The minimum Gasteiger partial charge on any atom is -1.00 e. The van der Waals surface area contributed by atoms with Crippen LogP contribution in [0.1, 0.15) is 11.1 Å². The van der Waals surface area contributed by atoms with Gasteiger partial charge in [-0.1, -0.05) is 42.4 Å². The van der Waals surface area contributed by atoms with Crippen molar-refractivity contribution in [3.63, 3.8) is 0 Å². The maximum absolute atomic E-state index is 3.75.